The van der Waals surface area contributed by atoms with Crippen molar-refractivity contribution in [2.75, 3.05) is 26.8 Å². The van der Waals surface area contributed by atoms with Crippen LogP contribution in [-0.4, -0.2) is 47.8 Å². The molecule has 1 atom stereocenters. The van der Waals surface area contributed by atoms with Gasteiger partial charge in [0.25, 0.3) is 0 Å². The maximum Gasteiger partial charge on any atom is 0.342 e. The predicted octanol–water partition coefficient (Wildman–Crippen LogP) is 6.39. The molecule has 0 radical (unpaired) electrons. The molecule has 194 valence electrons. The van der Waals surface area contributed by atoms with Crippen LogP contribution in [0.4, 0.5) is 0 Å². The summed E-state index contributed by atoms with van der Waals surface area (Å²) >= 11 is 0. The molecule has 7 nitrogen and oxygen atoms in total. The predicted molar refractivity (Wildman–Crippen MR) is 143 cm³/mol. The van der Waals surface area contributed by atoms with Crippen molar-refractivity contribution in [1.82, 2.24) is 9.88 Å². The first-order chi connectivity index (χ1) is 17.9. The van der Waals surface area contributed by atoms with E-state index in [1.807, 2.05) is 30.3 Å². The molecule has 2 aromatic carbocycles. The van der Waals surface area contributed by atoms with Crippen molar-refractivity contribution in [2.24, 2.45) is 5.92 Å². The Bertz CT molecular complexity index is 1420. The van der Waals surface area contributed by atoms with E-state index in [2.05, 4.69) is 23.7 Å². The van der Waals surface area contributed by atoms with Crippen molar-refractivity contribution in [3.05, 3.63) is 65.2 Å². The molecule has 4 aromatic rings. The van der Waals surface area contributed by atoms with Crippen molar-refractivity contribution in [3.8, 4) is 11.5 Å². The molecule has 37 heavy (non-hydrogen) atoms. The maximum absolute atomic E-state index is 13.1. The largest absolute Gasteiger partial charge is 0.507 e. The van der Waals surface area contributed by atoms with Crippen LogP contribution < -0.4 is 4.74 Å². The van der Waals surface area contributed by atoms with E-state index in [0.717, 1.165) is 31.5 Å². The number of pyridine rings is 1. The van der Waals surface area contributed by atoms with E-state index in [1.54, 1.807) is 19.3 Å². The molecule has 1 aliphatic rings. The van der Waals surface area contributed by atoms with Crippen molar-refractivity contribution in [1.29, 1.82) is 0 Å². The molecule has 5 rings (SSSR count). The zero-order chi connectivity index (χ0) is 26.1. The van der Waals surface area contributed by atoms with Gasteiger partial charge in [-0.15, -0.1) is 0 Å². The Morgan fingerprint density at radius 2 is 1.84 bits per heavy atom. The summed E-state index contributed by atoms with van der Waals surface area (Å²) in [5, 5.41) is 13.9. The number of aromatic hydroxyl groups is 1. The highest BCUT2D eigenvalue weighted by Crippen LogP contribution is 2.48. The minimum absolute atomic E-state index is 0.135. The molecule has 0 bridgehead atoms. The highest BCUT2D eigenvalue weighted by atomic mass is 16.5. The summed E-state index contributed by atoms with van der Waals surface area (Å²) < 4.78 is 17.4. The van der Waals surface area contributed by atoms with Crippen LogP contribution in [0.2, 0.25) is 0 Å². The molecule has 7 heteroatoms. The molecule has 0 aliphatic carbocycles. The molecular formula is C30H34N2O5. The zero-order valence-electron chi connectivity index (χ0n) is 21.9. The van der Waals surface area contributed by atoms with Crippen LogP contribution in [0.15, 0.2) is 47.1 Å². The quantitative estimate of drug-likeness (QED) is 0.293. The summed E-state index contributed by atoms with van der Waals surface area (Å²) in [5.41, 5.74) is 2.55. The van der Waals surface area contributed by atoms with Gasteiger partial charge in [-0.25, -0.2) is 4.79 Å². The lowest BCUT2D eigenvalue weighted by molar-refractivity contribution is 0.0600. The number of phenols is 1. The first-order valence-corrected chi connectivity index (χ1v) is 13.0. The number of likely N-dealkylation sites (tertiary alicyclic amines) is 1. The smallest absolute Gasteiger partial charge is 0.342 e. The lowest BCUT2D eigenvalue weighted by atomic mass is 9.88. The number of hydrogen-bond donors (Lipinski definition) is 1. The summed E-state index contributed by atoms with van der Waals surface area (Å²) in [7, 11) is 1.37. The molecule has 0 amide bonds. The fraction of sp³-hybridized carbons (Fsp3) is 0.400. The number of phenolic OH excluding ortho intramolecular Hbond substituents is 1. The summed E-state index contributed by atoms with van der Waals surface area (Å²) in [6.45, 7) is 8.30. The van der Waals surface area contributed by atoms with Crippen LogP contribution in [0, 0.1) is 12.8 Å². The SMILES string of the molecule is COC(=O)c1c(C)oc2c1c(C(c1ccncc1)N1CCCCC1)c(O)c1ccc(OCC(C)C)cc12. The van der Waals surface area contributed by atoms with Crippen molar-refractivity contribution in [3.63, 3.8) is 0 Å². The third-order valence-electron chi connectivity index (χ3n) is 7.12. The van der Waals surface area contributed by atoms with E-state index in [9.17, 15) is 9.90 Å². The topological polar surface area (TPSA) is 85.0 Å². The zero-order valence-corrected chi connectivity index (χ0v) is 21.9. The number of fused-ring (bicyclic) bond motifs is 3. The monoisotopic (exact) mass is 502 g/mol. The van der Waals surface area contributed by atoms with Crippen LogP contribution in [0.25, 0.3) is 21.7 Å². The first-order valence-electron chi connectivity index (χ1n) is 13.0. The normalized spacial score (nSPS) is 15.4. The maximum atomic E-state index is 13.1. The molecule has 1 aliphatic heterocycles. The molecule has 1 fully saturated rings. The molecule has 0 saturated carbocycles. The molecule has 1 saturated heterocycles. The third kappa shape index (κ3) is 4.64. The third-order valence-corrected chi connectivity index (χ3v) is 7.12. The van der Waals surface area contributed by atoms with E-state index in [4.69, 9.17) is 13.9 Å². The summed E-state index contributed by atoms with van der Waals surface area (Å²) in [4.78, 5) is 19.7. The number of ether oxygens (including phenoxy) is 2. The van der Waals surface area contributed by atoms with Gasteiger partial charge in [-0.05, 0) is 74.7 Å². The van der Waals surface area contributed by atoms with E-state index in [-0.39, 0.29) is 11.8 Å². The standard InChI is InChI=1S/C30H34N2O5/c1-18(2)17-36-21-8-9-22-23(16-21)29-25(24(19(3)37-29)30(34)35-4)26(28(22)33)27(20-10-12-31-13-11-20)32-14-6-5-7-15-32/h8-13,16,18,27,33H,5-7,14-15,17H2,1-4H3. The minimum Gasteiger partial charge on any atom is -0.507 e. The summed E-state index contributed by atoms with van der Waals surface area (Å²) in [6, 6.07) is 9.30. The number of benzene rings is 2. The number of carbonyl (C=O) groups is 1. The Kier molecular flexibility index (Phi) is 7.07. The van der Waals surface area contributed by atoms with Crippen LogP contribution >= 0.6 is 0 Å². The van der Waals surface area contributed by atoms with Crippen molar-refractivity contribution >= 4 is 27.7 Å². The number of piperidine rings is 1. The average molecular weight is 503 g/mol. The van der Waals surface area contributed by atoms with Gasteiger partial charge in [-0.3, -0.25) is 9.88 Å². The van der Waals surface area contributed by atoms with Gasteiger partial charge in [0.15, 0.2) is 0 Å². The number of nitrogens with zero attached hydrogens (tertiary/aromatic N) is 2. The van der Waals surface area contributed by atoms with Gasteiger partial charge in [0.1, 0.15) is 28.4 Å². The summed E-state index contributed by atoms with van der Waals surface area (Å²) in [6.07, 6.45) is 6.85. The highest BCUT2D eigenvalue weighted by molar-refractivity contribution is 6.17. The number of aryl methyl sites for hydroxylation is 1. The minimum atomic E-state index is -0.490. The van der Waals surface area contributed by atoms with Crippen LogP contribution in [0.1, 0.15) is 66.4 Å². The van der Waals surface area contributed by atoms with E-state index < -0.39 is 5.97 Å². The first kappa shape index (κ1) is 25.1. The Balaban J connectivity index is 1.84. The van der Waals surface area contributed by atoms with Crippen molar-refractivity contribution < 1.29 is 23.8 Å². The van der Waals surface area contributed by atoms with Crippen LogP contribution in [0.3, 0.4) is 0 Å². The van der Waals surface area contributed by atoms with E-state index in [0.29, 0.717) is 56.9 Å². The number of hydrogen-bond acceptors (Lipinski definition) is 7. The highest BCUT2D eigenvalue weighted by Gasteiger charge is 2.34. The second-order valence-electron chi connectivity index (χ2n) is 10.2. The number of furan rings is 1. The van der Waals surface area contributed by atoms with Gasteiger partial charge in [0, 0.05) is 34.1 Å². The van der Waals surface area contributed by atoms with Gasteiger partial charge in [-0.1, -0.05) is 20.3 Å². The van der Waals surface area contributed by atoms with Crippen molar-refractivity contribution in [2.45, 2.75) is 46.1 Å². The summed E-state index contributed by atoms with van der Waals surface area (Å²) in [5.74, 6) is 1.15. The molecule has 0 spiro atoms. The van der Waals surface area contributed by atoms with Gasteiger partial charge >= 0.3 is 5.97 Å². The Hall–Kier alpha value is -3.58. The van der Waals surface area contributed by atoms with Gasteiger partial charge in [-0.2, -0.15) is 0 Å². The fourth-order valence-electron chi connectivity index (χ4n) is 5.42. The molecule has 3 heterocycles. The average Bonchev–Trinajstić information content (AvgIpc) is 3.27. The van der Waals surface area contributed by atoms with Gasteiger partial charge < -0.3 is 19.0 Å². The number of methoxy groups -OCH3 is 1. The number of rotatable bonds is 7. The number of carbonyl (C=O) groups excluding carboxylic acids is 1. The number of aromatic nitrogens is 1. The lowest BCUT2D eigenvalue weighted by Crippen LogP contribution is -2.34. The Morgan fingerprint density at radius 3 is 2.51 bits per heavy atom. The van der Waals surface area contributed by atoms with E-state index >= 15 is 0 Å². The molecular weight excluding hydrogens is 468 g/mol. The number of esters is 1. The molecule has 2 aromatic heterocycles. The molecule has 1 unspecified atom stereocenters. The van der Waals surface area contributed by atoms with Crippen LogP contribution in [-0.2, 0) is 4.74 Å². The van der Waals surface area contributed by atoms with Gasteiger partial charge in [0.05, 0.1) is 19.8 Å². The van der Waals surface area contributed by atoms with Crippen LogP contribution in [0.5, 0.6) is 11.5 Å². The van der Waals surface area contributed by atoms with Gasteiger partial charge in [0.2, 0.25) is 0 Å². The van der Waals surface area contributed by atoms with E-state index in [1.165, 1.54) is 13.5 Å². The molecule has 1 N–H and O–H groups in total. The second-order valence-corrected chi connectivity index (χ2v) is 10.2. The fourth-order valence-corrected chi connectivity index (χ4v) is 5.42. The Morgan fingerprint density at radius 1 is 1.11 bits per heavy atom. The Labute approximate surface area is 217 Å². The lowest BCUT2D eigenvalue weighted by Gasteiger charge is -2.36. The second kappa shape index (κ2) is 10.4.